The maximum absolute atomic E-state index is 13.0. The van der Waals surface area contributed by atoms with Gasteiger partial charge in [-0.1, -0.05) is 19.1 Å². The lowest BCUT2D eigenvalue weighted by atomic mass is 9.37. The quantitative estimate of drug-likeness (QED) is 0.517. The summed E-state index contributed by atoms with van der Waals surface area (Å²) in [5.41, 5.74) is -2.39. The predicted molar refractivity (Wildman–Crippen MR) is 96.6 cm³/mol. The van der Waals surface area contributed by atoms with Gasteiger partial charge < -0.3 is 14.9 Å². The molecule has 0 aromatic carbocycles. The SMILES string of the molecule is C=C1C[C@]23C[C@@]4(O)[C@@H]5[C@]6(C)CC(=O)C[C@]57[C@@H]([C@H]2[C@@H](OC(C)=O)[C@H]1C[C@]37O)N4C6. The van der Waals surface area contributed by atoms with E-state index in [-0.39, 0.29) is 47.1 Å². The zero-order valence-corrected chi connectivity index (χ0v) is 16.4. The van der Waals surface area contributed by atoms with Crippen LogP contribution in [0, 0.1) is 34.0 Å². The highest BCUT2D eigenvalue weighted by atomic mass is 16.5. The number of esters is 1. The monoisotopic (exact) mass is 385 g/mol. The van der Waals surface area contributed by atoms with Gasteiger partial charge in [-0.3, -0.25) is 14.5 Å². The lowest BCUT2D eigenvalue weighted by Crippen LogP contribution is -2.75. The van der Waals surface area contributed by atoms with Gasteiger partial charge in [0.25, 0.3) is 0 Å². The topological polar surface area (TPSA) is 87.1 Å². The number of piperidine rings is 2. The molecule has 3 saturated heterocycles. The largest absolute Gasteiger partial charge is 0.462 e. The summed E-state index contributed by atoms with van der Waals surface area (Å²) in [5.74, 6) is -0.281. The summed E-state index contributed by atoms with van der Waals surface area (Å²) in [5, 5.41) is 24.4. The van der Waals surface area contributed by atoms with Crippen LogP contribution in [0.5, 0.6) is 0 Å². The molecule has 3 heterocycles. The van der Waals surface area contributed by atoms with Crippen molar-refractivity contribution < 1.29 is 24.5 Å². The number of carbonyl (C=O) groups excluding carboxylic acids is 2. The Kier molecular flexibility index (Phi) is 2.37. The van der Waals surface area contributed by atoms with Crippen LogP contribution < -0.4 is 0 Å². The minimum Gasteiger partial charge on any atom is -0.462 e. The minimum absolute atomic E-state index is 0.0358. The normalized spacial score (nSPS) is 66.7. The van der Waals surface area contributed by atoms with Gasteiger partial charge in [0.15, 0.2) is 0 Å². The van der Waals surface area contributed by atoms with Crippen molar-refractivity contribution in [2.24, 2.45) is 34.0 Å². The lowest BCUT2D eigenvalue weighted by molar-refractivity contribution is -0.302. The zero-order chi connectivity index (χ0) is 19.6. The summed E-state index contributed by atoms with van der Waals surface area (Å²) < 4.78 is 5.89. The van der Waals surface area contributed by atoms with E-state index in [9.17, 15) is 19.8 Å². The number of hydrogen-bond donors (Lipinski definition) is 2. The van der Waals surface area contributed by atoms with E-state index >= 15 is 0 Å². The average molecular weight is 385 g/mol. The van der Waals surface area contributed by atoms with E-state index in [1.807, 2.05) is 0 Å². The molecule has 3 aliphatic heterocycles. The van der Waals surface area contributed by atoms with Crippen molar-refractivity contribution in [3.63, 3.8) is 0 Å². The maximum atomic E-state index is 13.0. The van der Waals surface area contributed by atoms with E-state index in [0.29, 0.717) is 38.6 Å². The van der Waals surface area contributed by atoms with Crippen LogP contribution in [0.4, 0.5) is 0 Å². The molecule has 2 spiro atoms. The second kappa shape index (κ2) is 4.01. The Labute approximate surface area is 163 Å². The molecule has 6 heteroatoms. The van der Waals surface area contributed by atoms with Gasteiger partial charge in [-0.05, 0) is 24.7 Å². The molecule has 11 atom stereocenters. The van der Waals surface area contributed by atoms with Crippen molar-refractivity contribution in [1.29, 1.82) is 0 Å². The van der Waals surface area contributed by atoms with Gasteiger partial charge in [0.05, 0.1) is 5.60 Å². The molecule has 0 radical (unpaired) electrons. The van der Waals surface area contributed by atoms with E-state index in [1.165, 1.54) is 6.92 Å². The number of aliphatic hydroxyl groups is 2. The van der Waals surface area contributed by atoms with Crippen molar-refractivity contribution in [1.82, 2.24) is 4.90 Å². The third-order valence-corrected chi connectivity index (χ3v) is 10.4. The van der Waals surface area contributed by atoms with E-state index in [2.05, 4.69) is 18.4 Å². The standard InChI is InChI=1S/C22H27NO5/c1-10-4-19-8-21(26)17-18(3)5-12(25)6-20(17)16(23(21)9-18)14(19)15(28-11(2)24)13(10)7-22(19,20)27/h13-17,26-27H,1,4-9H2,2-3H3/t13-,14+,15-,16+,17+,18+,19-,20-,21+,22-/m0/s1. The van der Waals surface area contributed by atoms with Gasteiger partial charge in [0.1, 0.15) is 17.6 Å². The maximum Gasteiger partial charge on any atom is 0.302 e. The molecule has 9 bridgehead atoms. The van der Waals surface area contributed by atoms with Crippen LogP contribution in [0.15, 0.2) is 12.2 Å². The first-order chi connectivity index (χ1) is 13.0. The lowest BCUT2D eigenvalue weighted by Gasteiger charge is -2.69. The smallest absolute Gasteiger partial charge is 0.302 e. The number of ketones is 1. The van der Waals surface area contributed by atoms with Crippen molar-refractivity contribution in [3.05, 3.63) is 12.2 Å². The summed E-state index contributed by atoms with van der Waals surface area (Å²) in [6, 6.07) is -0.0963. The highest BCUT2D eigenvalue weighted by Gasteiger charge is 2.97. The minimum atomic E-state index is -0.999. The Morgan fingerprint density at radius 2 is 2.04 bits per heavy atom. The first-order valence-electron chi connectivity index (χ1n) is 10.6. The number of Topliss-reactive ketones (excluding diaryl/α,β-unsaturated/α-hetero) is 1. The van der Waals surface area contributed by atoms with Crippen LogP contribution in [0.1, 0.15) is 46.0 Å². The fourth-order valence-corrected chi connectivity index (χ4v) is 10.6. The molecule has 0 amide bonds. The van der Waals surface area contributed by atoms with Crippen LogP contribution in [0.2, 0.25) is 0 Å². The Balaban J connectivity index is 1.53. The zero-order valence-electron chi connectivity index (χ0n) is 16.4. The third kappa shape index (κ3) is 1.20. The predicted octanol–water partition coefficient (Wildman–Crippen LogP) is 1.01. The Hall–Kier alpha value is -1.24. The van der Waals surface area contributed by atoms with Crippen LogP contribution in [0.25, 0.3) is 0 Å². The highest BCUT2D eigenvalue weighted by Crippen LogP contribution is 2.90. The van der Waals surface area contributed by atoms with Crippen molar-refractivity contribution in [2.45, 2.75) is 69.4 Å². The van der Waals surface area contributed by atoms with E-state index < -0.39 is 22.2 Å². The molecule has 0 aromatic rings. The first kappa shape index (κ1) is 16.5. The highest BCUT2D eigenvalue weighted by molar-refractivity contribution is 5.83. The number of fused-ring (bicyclic) bond motifs is 1. The fraction of sp³-hybridized carbons (Fsp3) is 0.818. The van der Waals surface area contributed by atoms with E-state index in [0.717, 1.165) is 5.57 Å². The molecule has 9 rings (SSSR count). The number of ether oxygens (including phenoxy) is 1. The summed E-state index contributed by atoms with van der Waals surface area (Å²) in [6.45, 7) is 8.54. The fourth-order valence-electron chi connectivity index (χ4n) is 10.6. The Morgan fingerprint density at radius 1 is 1.29 bits per heavy atom. The van der Waals surface area contributed by atoms with Gasteiger partial charge >= 0.3 is 5.97 Å². The van der Waals surface area contributed by atoms with E-state index in [1.54, 1.807) is 0 Å². The van der Waals surface area contributed by atoms with Crippen LogP contribution in [-0.4, -0.2) is 56.9 Å². The Morgan fingerprint density at radius 3 is 2.75 bits per heavy atom. The number of rotatable bonds is 1. The average Bonchev–Trinajstić information content (AvgIpc) is 2.89. The van der Waals surface area contributed by atoms with Gasteiger partial charge in [0.2, 0.25) is 0 Å². The molecular formula is C22H27NO5. The summed E-state index contributed by atoms with van der Waals surface area (Å²) in [6.07, 6.45) is 2.19. The molecule has 9 fully saturated rings. The van der Waals surface area contributed by atoms with Crippen LogP contribution in [-0.2, 0) is 14.3 Å². The molecule has 28 heavy (non-hydrogen) atoms. The van der Waals surface area contributed by atoms with Crippen molar-refractivity contribution in [3.8, 4) is 0 Å². The number of hydrogen-bond acceptors (Lipinski definition) is 6. The van der Waals surface area contributed by atoms with Crippen LogP contribution in [0.3, 0.4) is 0 Å². The summed E-state index contributed by atoms with van der Waals surface area (Å²) >= 11 is 0. The van der Waals surface area contributed by atoms with Gasteiger partial charge in [-0.2, -0.15) is 0 Å². The van der Waals surface area contributed by atoms with Crippen molar-refractivity contribution >= 4 is 11.8 Å². The molecule has 1 unspecified atom stereocenters. The van der Waals surface area contributed by atoms with Gasteiger partial charge in [-0.25, -0.2) is 0 Å². The second-order valence-corrected chi connectivity index (χ2v) is 11.4. The van der Waals surface area contributed by atoms with Gasteiger partial charge in [-0.15, -0.1) is 0 Å². The van der Waals surface area contributed by atoms with Crippen molar-refractivity contribution in [2.75, 3.05) is 6.54 Å². The molecule has 2 N–H and O–H groups in total. The molecule has 6 aliphatic carbocycles. The Bertz CT molecular complexity index is 917. The molecule has 9 aliphatic rings. The summed E-state index contributed by atoms with van der Waals surface area (Å²) in [4.78, 5) is 27.1. The molecule has 6 saturated carbocycles. The molecule has 6 nitrogen and oxygen atoms in total. The molecule has 150 valence electrons. The number of nitrogens with zero attached hydrogens (tertiary/aromatic N) is 1. The number of carbonyl (C=O) groups is 2. The first-order valence-corrected chi connectivity index (χ1v) is 10.6. The second-order valence-electron chi connectivity index (χ2n) is 11.4. The molecular weight excluding hydrogens is 358 g/mol. The molecule has 0 aromatic heterocycles. The van der Waals surface area contributed by atoms with Crippen LogP contribution >= 0.6 is 0 Å². The third-order valence-electron chi connectivity index (χ3n) is 10.4. The van der Waals surface area contributed by atoms with E-state index in [4.69, 9.17) is 4.74 Å². The summed E-state index contributed by atoms with van der Waals surface area (Å²) in [7, 11) is 0. The van der Waals surface area contributed by atoms with Gasteiger partial charge in [0, 0.05) is 60.9 Å².